The van der Waals surface area contributed by atoms with Crippen molar-refractivity contribution in [3.8, 4) is 17.1 Å². The lowest BCUT2D eigenvalue weighted by molar-refractivity contribution is 0.471. The number of phenolic OH excluding ortho intramolecular Hbond substituents is 1. The fourth-order valence-corrected chi connectivity index (χ4v) is 2.29. The maximum atomic E-state index is 13.1. The minimum absolute atomic E-state index is 0.238. The molecule has 90 valence electrons. The molecule has 2 aromatic carbocycles. The minimum Gasteiger partial charge on any atom is -0.507 e. The lowest BCUT2D eigenvalue weighted by atomic mass is 10.2. The van der Waals surface area contributed by atoms with Crippen LogP contribution >= 0.6 is 22.6 Å². The highest BCUT2D eigenvalue weighted by Crippen LogP contribution is 2.26. The second kappa shape index (κ2) is 4.24. The Morgan fingerprint density at radius 3 is 2.78 bits per heavy atom. The lowest BCUT2D eigenvalue weighted by Gasteiger charge is -1.99. The number of benzene rings is 2. The summed E-state index contributed by atoms with van der Waals surface area (Å²) in [6, 6.07) is 9.64. The summed E-state index contributed by atoms with van der Waals surface area (Å²) in [7, 11) is 0. The van der Waals surface area contributed by atoms with Crippen LogP contribution in [0.5, 0.6) is 5.75 Å². The molecule has 3 aromatic rings. The van der Waals surface area contributed by atoms with Gasteiger partial charge in [0.2, 0.25) is 0 Å². The topological polar surface area (TPSA) is 48.9 Å². The normalized spacial score (nSPS) is 11.0. The quantitative estimate of drug-likeness (QED) is 0.655. The monoisotopic (exact) mass is 354 g/mol. The first kappa shape index (κ1) is 11.5. The summed E-state index contributed by atoms with van der Waals surface area (Å²) in [5, 5.41) is 9.48. The van der Waals surface area contributed by atoms with Crippen molar-refractivity contribution in [2.45, 2.75) is 0 Å². The van der Waals surface area contributed by atoms with Crippen LogP contribution in [0.25, 0.3) is 22.4 Å². The number of aromatic nitrogens is 2. The van der Waals surface area contributed by atoms with Crippen LogP contribution in [0, 0.1) is 9.39 Å². The molecule has 1 heterocycles. The number of nitrogens with one attached hydrogen (secondary N) is 1. The van der Waals surface area contributed by atoms with Gasteiger partial charge in [-0.3, -0.25) is 0 Å². The molecule has 3 rings (SSSR count). The first-order valence-electron chi connectivity index (χ1n) is 5.27. The fourth-order valence-electron chi connectivity index (χ4n) is 1.77. The Morgan fingerprint density at radius 1 is 1.17 bits per heavy atom. The van der Waals surface area contributed by atoms with E-state index >= 15 is 0 Å². The first-order chi connectivity index (χ1) is 8.63. The van der Waals surface area contributed by atoms with Crippen molar-refractivity contribution in [3.63, 3.8) is 0 Å². The number of halogens is 2. The van der Waals surface area contributed by atoms with Crippen LogP contribution in [0.15, 0.2) is 36.4 Å². The van der Waals surface area contributed by atoms with Gasteiger partial charge in [0.15, 0.2) is 0 Å². The number of H-pyrrole nitrogens is 1. The second-order valence-electron chi connectivity index (χ2n) is 3.91. The molecule has 2 N–H and O–H groups in total. The number of aromatic hydroxyl groups is 1. The molecular formula is C13H8FIN2O. The van der Waals surface area contributed by atoms with Gasteiger partial charge in [-0.2, -0.15) is 0 Å². The van der Waals surface area contributed by atoms with Gasteiger partial charge in [0, 0.05) is 5.56 Å². The SMILES string of the molecule is Oc1ccc(-c2nc3ccc(F)cc3[nH]2)cc1I. The van der Waals surface area contributed by atoms with Crippen LogP contribution in [0.4, 0.5) is 4.39 Å². The summed E-state index contributed by atoms with van der Waals surface area (Å²) in [4.78, 5) is 7.45. The van der Waals surface area contributed by atoms with Crippen molar-refractivity contribution in [2.75, 3.05) is 0 Å². The van der Waals surface area contributed by atoms with Crippen molar-refractivity contribution in [1.29, 1.82) is 0 Å². The number of imidazole rings is 1. The Labute approximate surface area is 116 Å². The summed E-state index contributed by atoms with van der Waals surface area (Å²) < 4.78 is 13.8. The van der Waals surface area contributed by atoms with Gasteiger partial charge in [0.25, 0.3) is 0 Å². The number of nitrogens with zero attached hydrogens (tertiary/aromatic N) is 1. The number of fused-ring (bicyclic) bond motifs is 1. The van der Waals surface area contributed by atoms with Gasteiger partial charge in [0.1, 0.15) is 17.4 Å². The number of phenols is 1. The van der Waals surface area contributed by atoms with Crippen LogP contribution in [0.3, 0.4) is 0 Å². The Balaban J connectivity index is 2.16. The average Bonchev–Trinajstić information content (AvgIpc) is 2.75. The Morgan fingerprint density at radius 2 is 2.00 bits per heavy atom. The van der Waals surface area contributed by atoms with Gasteiger partial charge in [-0.25, -0.2) is 9.37 Å². The summed E-state index contributed by atoms with van der Waals surface area (Å²) in [6.07, 6.45) is 0. The molecule has 0 saturated carbocycles. The van der Waals surface area contributed by atoms with Crippen molar-refractivity contribution >= 4 is 33.6 Å². The first-order valence-corrected chi connectivity index (χ1v) is 6.35. The molecule has 0 fully saturated rings. The zero-order chi connectivity index (χ0) is 12.7. The molecule has 0 saturated heterocycles. The molecule has 0 aliphatic rings. The molecule has 0 amide bonds. The zero-order valence-corrected chi connectivity index (χ0v) is 11.3. The Hall–Kier alpha value is -1.63. The summed E-state index contributed by atoms with van der Waals surface area (Å²) >= 11 is 2.05. The molecule has 1 aromatic heterocycles. The molecule has 18 heavy (non-hydrogen) atoms. The third-order valence-electron chi connectivity index (χ3n) is 2.67. The van der Waals surface area contributed by atoms with Crippen molar-refractivity contribution in [1.82, 2.24) is 9.97 Å². The third kappa shape index (κ3) is 1.94. The van der Waals surface area contributed by atoms with E-state index < -0.39 is 0 Å². The zero-order valence-electron chi connectivity index (χ0n) is 9.11. The van der Waals surface area contributed by atoms with Gasteiger partial charge >= 0.3 is 0 Å². The van der Waals surface area contributed by atoms with E-state index in [0.29, 0.717) is 11.3 Å². The molecule has 0 aliphatic heterocycles. The van der Waals surface area contributed by atoms with Crippen LogP contribution in [-0.2, 0) is 0 Å². The molecule has 0 aliphatic carbocycles. The number of hydrogen-bond acceptors (Lipinski definition) is 2. The van der Waals surface area contributed by atoms with Gasteiger partial charge in [-0.1, -0.05) is 0 Å². The smallest absolute Gasteiger partial charge is 0.138 e. The van der Waals surface area contributed by atoms with E-state index in [9.17, 15) is 9.50 Å². The molecule has 0 unspecified atom stereocenters. The van der Waals surface area contributed by atoms with E-state index in [0.717, 1.165) is 14.7 Å². The van der Waals surface area contributed by atoms with E-state index in [1.54, 1.807) is 18.2 Å². The molecule has 0 radical (unpaired) electrons. The number of rotatable bonds is 1. The van der Waals surface area contributed by atoms with Crippen molar-refractivity contribution < 1.29 is 9.50 Å². The molecule has 0 bridgehead atoms. The Bertz CT molecular complexity index is 739. The summed E-state index contributed by atoms with van der Waals surface area (Å²) in [5.74, 6) is 0.605. The van der Waals surface area contributed by atoms with Crippen LogP contribution in [-0.4, -0.2) is 15.1 Å². The highest BCUT2D eigenvalue weighted by atomic mass is 127. The third-order valence-corrected chi connectivity index (χ3v) is 3.53. The van der Waals surface area contributed by atoms with E-state index in [-0.39, 0.29) is 11.6 Å². The maximum Gasteiger partial charge on any atom is 0.138 e. The predicted molar refractivity (Wildman–Crippen MR) is 75.9 cm³/mol. The second-order valence-corrected chi connectivity index (χ2v) is 5.08. The highest BCUT2D eigenvalue weighted by molar-refractivity contribution is 14.1. The summed E-state index contributed by atoms with van der Waals surface area (Å²) in [5.41, 5.74) is 2.23. The average molecular weight is 354 g/mol. The minimum atomic E-state index is -0.294. The maximum absolute atomic E-state index is 13.1. The number of aromatic amines is 1. The van der Waals surface area contributed by atoms with Crippen LogP contribution < -0.4 is 0 Å². The largest absolute Gasteiger partial charge is 0.507 e. The highest BCUT2D eigenvalue weighted by Gasteiger charge is 2.07. The van der Waals surface area contributed by atoms with Crippen molar-refractivity contribution in [3.05, 3.63) is 45.8 Å². The van der Waals surface area contributed by atoms with Gasteiger partial charge < -0.3 is 10.1 Å². The molecule has 3 nitrogen and oxygen atoms in total. The lowest BCUT2D eigenvalue weighted by Crippen LogP contribution is -1.82. The van der Waals surface area contributed by atoms with Gasteiger partial charge in [-0.15, -0.1) is 0 Å². The van der Waals surface area contributed by atoms with Gasteiger partial charge in [-0.05, 0) is 59.0 Å². The van der Waals surface area contributed by atoms with E-state index in [2.05, 4.69) is 9.97 Å². The molecular weight excluding hydrogens is 346 g/mol. The van der Waals surface area contributed by atoms with Crippen molar-refractivity contribution in [2.24, 2.45) is 0 Å². The molecule has 0 spiro atoms. The number of hydrogen-bond donors (Lipinski definition) is 2. The molecule has 0 atom stereocenters. The van der Waals surface area contributed by atoms with Crippen LogP contribution in [0.1, 0.15) is 0 Å². The van der Waals surface area contributed by atoms with Gasteiger partial charge in [0.05, 0.1) is 14.6 Å². The molecule has 5 heteroatoms. The van der Waals surface area contributed by atoms with E-state index in [1.165, 1.54) is 12.1 Å². The summed E-state index contributed by atoms with van der Waals surface area (Å²) in [6.45, 7) is 0. The predicted octanol–water partition coefficient (Wildman–Crippen LogP) is 3.68. The van der Waals surface area contributed by atoms with E-state index in [1.807, 2.05) is 28.7 Å². The Kier molecular flexibility index (Phi) is 2.70. The van der Waals surface area contributed by atoms with E-state index in [4.69, 9.17) is 0 Å². The van der Waals surface area contributed by atoms with Crippen LogP contribution in [0.2, 0.25) is 0 Å². The fraction of sp³-hybridized carbons (Fsp3) is 0. The standard InChI is InChI=1S/C13H8FIN2O/c14-8-2-3-10-11(6-8)17-13(16-10)7-1-4-12(18)9(15)5-7/h1-6,18H,(H,16,17).